The van der Waals surface area contributed by atoms with Crippen molar-refractivity contribution in [2.75, 3.05) is 5.32 Å². The lowest BCUT2D eigenvalue weighted by Gasteiger charge is -2.09. The minimum atomic E-state index is -0.555. The van der Waals surface area contributed by atoms with Crippen molar-refractivity contribution < 1.29 is 4.79 Å². The first-order valence-electron chi connectivity index (χ1n) is 8.87. The van der Waals surface area contributed by atoms with Crippen LogP contribution in [0.4, 0.5) is 5.95 Å². The molecule has 0 saturated carbocycles. The molecule has 0 radical (unpaired) electrons. The maximum Gasteiger partial charge on any atom is 0.328 e. The van der Waals surface area contributed by atoms with Gasteiger partial charge in [-0.05, 0) is 18.6 Å². The zero-order valence-corrected chi connectivity index (χ0v) is 17.2. The van der Waals surface area contributed by atoms with Gasteiger partial charge in [-0.15, -0.1) is 10.2 Å². The number of nitrogens with one attached hydrogen (secondary N) is 2. The lowest BCUT2D eigenvalue weighted by molar-refractivity contribution is -0.116. The number of H-pyrrole nitrogens is 1. The quantitative estimate of drug-likeness (QED) is 0.525. The monoisotopic (exact) mass is 434 g/mol. The van der Waals surface area contributed by atoms with E-state index in [1.165, 1.54) is 28.6 Å². The van der Waals surface area contributed by atoms with Crippen molar-refractivity contribution in [1.29, 1.82) is 0 Å². The van der Waals surface area contributed by atoms with Gasteiger partial charge in [0.1, 0.15) is 0 Å². The largest absolute Gasteiger partial charge is 0.328 e. The van der Waals surface area contributed by atoms with Crippen molar-refractivity contribution >= 4 is 35.2 Å². The Balaban J connectivity index is 1.62. The smallest absolute Gasteiger partial charge is 0.300 e. The number of anilines is 1. The van der Waals surface area contributed by atoms with Crippen molar-refractivity contribution in [2.45, 2.75) is 37.3 Å². The summed E-state index contributed by atoms with van der Waals surface area (Å²) >= 11 is 7.66. The summed E-state index contributed by atoms with van der Waals surface area (Å²) in [4.78, 5) is 37.2. The zero-order valence-electron chi connectivity index (χ0n) is 15.6. The maximum atomic E-state index is 12.3. The van der Waals surface area contributed by atoms with Gasteiger partial charge in [-0.3, -0.25) is 24.5 Å². The van der Waals surface area contributed by atoms with E-state index in [1.54, 1.807) is 4.57 Å². The van der Waals surface area contributed by atoms with Crippen LogP contribution in [0.1, 0.15) is 18.9 Å². The molecular weight excluding hydrogens is 416 g/mol. The Kier molecular flexibility index (Phi) is 6.89. The lowest BCUT2D eigenvalue weighted by Crippen LogP contribution is -2.30. The van der Waals surface area contributed by atoms with Crippen LogP contribution in [0.5, 0.6) is 0 Å². The van der Waals surface area contributed by atoms with Crippen molar-refractivity contribution in [3.05, 3.63) is 68.0 Å². The molecule has 0 bridgehead atoms. The van der Waals surface area contributed by atoms with Crippen molar-refractivity contribution in [3.8, 4) is 0 Å². The normalized spacial score (nSPS) is 10.8. The van der Waals surface area contributed by atoms with Crippen molar-refractivity contribution in [1.82, 2.24) is 24.3 Å². The molecule has 0 atom stereocenters. The van der Waals surface area contributed by atoms with Gasteiger partial charge < -0.3 is 4.57 Å². The number of rotatable bonds is 8. The molecule has 29 heavy (non-hydrogen) atoms. The molecule has 11 heteroatoms. The van der Waals surface area contributed by atoms with Crippen LogP contribution in [0.15, 0.2) is 51.3 Å². The topological polar surface area (TPSA) is 115 Å². The maximum absolute atomic E-state index is 12.3. The number of carbonyl (C=O) groups excluding carboxylic acids is 1. The Morgan fingerprint density at radius 3 is 2.76 bits per heavy atom. The van der Waals surface area contributed by atoms with E-state index in [0.717, 1.165) is 5.56 Å². The fourth-order valence-electron chi connectivity index (χ4n) is 2.56. The minimum Gasteiger partial charge on any atom is -0.300 e. The molecule has 0 aliphatic heterocycles. The first kappa shape index (κ1) is 20.9. The summed E-state index contributed by atoms with van der Waals surface area (Å²) in [6.07, 6.45) is 1.40. The van der Waals surface area contributed by atoms with E-state index in [-0.39, 0.29) is 18.9 Å². The molecule has 0 aliphatic rings. The second kappa shape index (κ2) is 9.57. The fraction of sp³-hybridized carbons (Fsp3) is 0.278. The van der Waals surface area contributed by atoms with Gasteiger partial charge in [0.2, 0.25) is 11.9 Å². The summed E-state index contributed by atoms with van der Waals surface area (Å²) in [6.45, 7) is 2.64. The first-order valence-corrected chi connectivity index (χ1v) is 10.2. The van der Waals surface area contributed by atoms with E-state index in [0.29, 0.717) is 28.4 Å². The van der Waals surface area contributed by atoms with Crippen LogP contribution in [0.2, 0.25) is 5.02 Å². The van der Waals surface area contributed by atoms with Gasteiger partial charge in [-0.2, -0.15) is 0 Å². The highest BCUT2D eigenvalue weighted by atomic mass is 35.5. The van der Waals surface area contributed by atoms with Crippen LogP contribution in [-0.2, 0) is 23.6 Å². The summed E-state index contributed by atoms with van der Waals surface area (Å²) in [6, 6.07) is 8.81. The molecule has 0 saturated heterocycles. The average molecular weight is 435 g/mol. The molecule has 3 aromatic rings. The van der Waals surface area contributed by atoms with Gasteiger partial charge in [0.15, 0.2) is 5.16 Å². The van der Waals surface area contributed by atoms with E-state index < -0.39 is 11.2 Å². The second-order valence-electron chi connectivity index (χ2n) is 6.03. The summed E-state index contributed by atoms with van der Waals surface area (Å²) in [5.74, 6) is 0.654. The highest BCUT2D eigenvalue weighted by molar-refractivity contribution is 7.98. The molecule has 0 unspecified atom stereocenters. The van der Waals surface area contributed by atoms with Crippen LogP contribution >= 0.6 is 23.4 Å². The second-order valence-corrected chi connectivity index (χ2v) is 7.38. The highest BCUT2D eigenvalue weighted by Gasteiger charge is 2.14. The SMILES string of the molecule is CCn1c(NC(=O)CCn2ccc(=O)[nH]c2=O)nnc1SCc1ccccc1Cl. The van der Waals surface area contributed by atoms with Crippen LogP contribution in [-0.4, -0.2) is 30.2 Å². The van der Waals surface area contributed by atoms with Gasteiger partial charge in [0.25, 0.3) is 5.56 Å². The predicted octanol–water partition coefficient (Wildman–Crippen LogP) is 2.12. The molecule has 2 heterocycles. The van der Waals surface area contributed by atoms with Crippen molar-refractivity contribution in [2.24, 2.45) is 0 Å². The van der Waals surface area contributed by atoms with E-state index in [9.17, 15) is 14.4 Å². The number of nitrogens with zero attached hydrogens (tertiary/aromatic N) is 4. The highest BCUT2D eigenvalue weighted by Crippen LogP contribution is 2.26. The number of halogens is 1. The van der Waals surface area contributed by atoms with Crippen molar-refractivity contribution in [3.63, 3.8) is 0 Å². The Morgan fingerprint density at radius 1 is 1.24 bits per heavy atom. The van der Waals surface area contributed by atoms with E-state index in [1.807, 2.05) is 31.2 Å². The molecule has 9 nitrogen and oxygen atoms in total. The van der Waals surface area contributed by atoms with Crippen LogP contribution in [0.3, 0.4) is 0 Å². The molecule has 3 rings (SSSR count). The average Bonchev–Trinajstić information content (AvgIpc) is 3.08. The Bertz CT molecular complexity index is 1120. The molecule has 152 valence electrons. The minimum absolute atomic E-state index is 0.0463. The van der Waals surface area contributed by atoms with Gasteiger partial charge in [0, 0.05) is 42.5 Å². The number of aromatic amines is 1. The van der Waals surface area contributed by atoms with Gasteiger partial charge >= 0.3 is 5.69 Å². The third kappa shape index (κ3) is 5.36. The van der Waals surface area contributed by atoms with E-state index in [2.05, 4.69) is 20.5 Å². The molecule has 0 fully saturated rings. The van der Waals surface area contributed by atoms with Crippen LogP contribution in [0.25, 0.3) is 0 Å². The van der Waals surface area contributed by atoms with Gasteiger partial charge in [-0.1, -0.05) is 41.6 Å². The molecule has 0 spiro atoms. The summed E-state index contributed by atoms with van der Waals surface area (Å²) < 4.78 is 3.06. The molecule has 2 N–H and O–H groups in total. The number of benzene rings is 1. The fourth-order valence-corrected chi connectivity index (χ4v) is 3.85. The van der Waals surface area contributed by atoms with E-state index in [4.69, 9.17) is 11.6 Å². The number of aryl methyl sites for hydroxylation is 1. The first-order chi connectivity index (χ1) is 14.0. The molecular formula is C18H19ClN6O3S. The summed E-state index contributed by atoms with van der Waals surface area (Å²) in [7, 11) is 0. The summed E-state index contributed by atoms with van der Waals surface area (Å²) in [5, 5.41) is 12.3. The van der Waals surface area contributed by atoms with Crippen LogP contribution < -0.4 is 16.6 Å². The number of hydrogen-bond donors (Lipinski definition) is 2. The van der Waals surface area contributed by atoms with E-state index >= 15 is 0 Å². The molecule has 0 aliphatic carbocycles. The number of hydrogen-bond acceptors (Lipinski definition) is 6. The Morgan fingerprint density at radius 2 is 2.03 bits per heavy atom. The third-order valence-electron chi connectivity index (χ3n) is 4.08. The lowest BCUT2D eigenvalue weighted by atomic mass is 10.2. The number of amides is 1. The standard InChI is InChI=1S/C18H19ClN6O3S/c1-2-25-16(20-14(26)7-9-24-10-8-15(27)21-17(24)28)22-23-18(25)29-11-12-5-3-4-6-13(12)19/h3-6,8,10H,2,7,9,11H2,1H3,(H,20,22,26)(H,21,27,28). The Hall–Kier alpha value is -2.85. The molecule has 1 amide bonds. The number of thioether (sulfide) groups is 1. The molecule has 1 aromatic carbocycles. The predicted molar refractivity (Wildman–Crippen MR) is 111 cm³/mol. The Labute approximate surface area is 175 Å². The molecule has 2 aromatic heterocycles. The third-order valence-corrected chi connectivity index (χ3v) is 5.46. The van der Waals surface area contributed by atoms with Gasteiger partial charge in [0.05, 0.1) is 0 Å². The number of aromatic nitrogens is 5. The van der Waals surface area contributed by atoms with Gasteiger partial charge in [-0.25, -0.2) is 4.79 Å². The number of carbonyl (C=O) groups is 1. The van der Waals surface area contributed by atoms with Crippen LogP contribution in [0, 0.1) is 0 Å². The summed E-state index contributed by atoms with van der Waals surface area (Å²) in [5.41, 5.74) is -0.0457. The zero-order chi connectivity index (χ0) is 20.8.